The average Bonchev–Trinajstić information content (AvgIpc) is 3.31. The smallest absolute Gasteiger partial charge is 0.278 e. The van der Waals surface area contributed by atoms with Crippen molar-refractivity contribution in [1.29, 1.82) is 0 Å². The highest BCUT2D eigenvalue weighted by Gasteiger charge is 2.49. The lowest BCUT2D eigenvalue weighted by atomic mass is 10.1. The molecule has 2 aliphatic heterocycles. The van der Waals surface area contributed by atoms with Crippen LogP contribution in [0.3, 0.4) is 0 Å². The van der Waals surface area contributed by atoms with Crippen LogP contribution in [0.5, 0.6) is 0 Å². The molecule has 1 saturated carbocycles. The second-order valence-corrected chi connectivity index (χ2v) is 8.15. The van der Waals surface area contributed by atoms with Crippen LogP contribution in [0.4, 0.5) is 5.13 Å². The minimum absolute atomic E-state index is 0.00588. The van der Waals surface area contributed by atoms with Gasteiger partial charge in [-0.15, -0.1) is 11.8 Å². The number of thioether (sulfide) groups is 1. The highest BCUT2D eigenvalue weighted by atomic mass is 32.2. The van der Waals surface area contributed by atoms with Crippen LogP contribution in [0.1, 0.15) is 31.5 Å². The molecule has 9 nitrogen and oxygen atoms in total. The van der Waals surface area contributed by atoms with Gasteiger partial charge in [0, 0.05) is 23.5 Å². The summed E-state index contributed by atoms with van der Waals surface area (Å²) in [4.78, 5) is 36.1. The van der Waals surface area contributed by atoms with Crippen molar-refractivity contribution in [3.63, 3.8) is 0 Å². The molecule has 3 heterocycles. The summed E-state index contributed by atoms with van der Waals surface area (Å²) < 4.78 is 4.06. The Hall–Kier alpha value is -2.14. The van der Waals surface area contributed by atoms with E-state index < -0.39 is 11.9 Å². The Balaban J connectivity index is 1.49. The second kappa shape index (κ2) is 7.23. The van der Waals surface area contributed by atoms with Crippen molar-refractivity contribution in [2.75, 3.05) is 11.5 Å². The third-order valence-electron chi connectivity index (χ3n) is 4.46. The number of rotatable bonds is 5. The molecule has 2 fully saturated rings. The number of nitrogen functional groups attached to an aromatic ring is 1. The van der Waals surface area contributed by atoms with Gasteiger partial charge >= 0.3 is 0 Å². The van der Waals surface area contributed by atoms with Gasteiger partial charge in [0.2, 0.25) is 11.5 Å². The normalized spacial score (nSPS) is 25.8. The number of carbonyl (C=O) groups excluding carboxylic acids is 2. The fraction of sp³-hybridized carbons (Fsp3) is 0.533. The van der Waals surface area contributed by atoms with Crippen LogP contribution >= 0.6 is 23.3 Å². The Labute approximate surface area is 158 Å². The monoisotopic (exact) mass is 394 g/mol. The summed E-state index contributed by atoms with van der Waals surface area (Å²) in [6.45, 7) is 0. The van der Waals surface area contributed by atoms with Crippen molar-refractivity contribution in [2.24, 2.45) is 5.16 Å². The van der Waals surface area contributed by atoms with Crippen LogP contribution in [0.2, 0.25) is 0 Å². The first kappa shape index (κ1) is 17.3. The molecule has 0 bridgehead atoms. The molecule has 138 valence electrons. The molecule has 1 aliphatic carbocycles. The lowest BCUT2D eigenvalue weighted by Crippen LogP contribution is -2.68. The number of carbonyl (C=O) groups is 2. The van der Waals surface area contributed by atoms with Crippen molar-refractivity contribution in [3.8, 4) is 0 Å². The van der Waals surface area contributed by atoms with Gasteiger partial charge in [0.25, 0.3) is 11.8 Å². The van der Waals surface area contributed by atoms with Crippen molar-refractivity contribution in [2.45, 2.75) is 43.2 Å². The van der Waals surface area contributed by atoms with Crippen LogP contribution in [-0.4, -0.2) is 55.1 Å². The summed E-state index contributed by atoms with van der Waals surface area (Å²) in [5.41, 5.74) is 5.58. The van der Waals surface area contributed by atoms with Gasteiger partial charge in [0.05, 0.1) is 0 Å². The summed E-state index contributed by atoms with van der Waals surface area (Å²) in [6, 6.07) is -0.592. The van der Waals surface area contributed by atoms with Gasteiger partial charge < -0.3 is 20.8 Å². The molecule has 1 aromatic rings. The Morgan fingerprint density at radius 2 is 2.23 bits per heavy atom. The van der Waals surface area contributed by atoms with E-state index in [1.165, 1.54) is 0 Å². The molecule has 2 amide bonds. The zero-order chi connectivity index (χ0) is 18.1. The maximum atomic E-state index is 12.7. The Morgan fingerprint density at radius 1 is 1.42 bits per heavy atom. The molecule has 11 heteroatoms. The number of β-lactam (4-membered cyclic amide) rings is 1. The van der Waals surface area contributed by atoms with Gasteiger partial charge in [-0.05, 0) is 25.7 Å². The van der Waals surface area contributed by atoms with Crippen molar-refractivity contribution < 1.29 is 14.4 Å². The molecule has 1 aromatic heterocycles. The Bertz CT molecular complexity index is 773. The van der Waals surface area contributed by atoms with E-state index in [0.717, 1.165) is 43.0 Å². The van der Waals surface area contributed by atoms with E-state index in [1.54, 1.807) is 22.9 Å². The maximum absolute atomic E-state index is 12.7. The van der Waals surface area contributed by atoms with Gasteiger partial charge in [0.1, 0.15) is 17.5 Å². The fourth-order valence-corrected chi connectivity index (χ4v) is 4.65. The highest BCUT2D eigenvalue weighted by Crippen LogP contribution is 2.33. The van der Waals surface area contributed by atoms with Crippen molar-refractivity contribution in [3.05, 3.63) is 18.1 Å². The molecule has 4 rings (SSSR count). The van der Waals surface area contributed by atoms with Gasteiger partial charge in [-0.1, -0.05) is 11.2 Å². The number of nitrogens with two attached hydrogens (primary N) is 1. The maximum Gasteiger partial charge on any atom is 0.278 e. The summed E-state index contributed by atoms with van der Waals surface area (Å²) in [7, 11) is 0. The van der Waals surface area contributed by atoms with E-state index in [0.29, 0.717) is 0 Å². The third kappa shape index (κ3) is 3.28. The topological polar surface area (TPSA) is 123 Å². The fourth-order valence-electron chi connectivity index (χ4n) is 3.11. The van der Waals surface area contributed by atoms with E-state index >= 15 is 0 Å². The number of nitrogens with zero attached hydrogens (tertiary/aromatic N) is 4. The second-order valence-electron chi connectivity index (χ2n) is 6.21. The average molecular weight is 394 g/mol. The van der Waals surface area contributed by atoms with Crippen LogP contribution < -0.4 is 11.1 Å². The molecular formula is C15H18N6O3S2. The number of aromatic nitrogens is 2. The van der Waals surface area contributed by atoms with Gasteiger partial charge in [0.15, 0.2) is 5.13 Å². The van der Waals surface area contributed by atoms with Crippen LogP contribution in [-0.2, 0) is 14.4 Å². The van der Waals surface area contributed by atoms with Gasteiger partial charge in [-0.3, -0.25) is 9.59 Å². The highest BCUT2D eigenvalue weighted by molar-refractivity contribution is 8.00. The Kier molecular flexibility index (Phi) is 4.81. The number of amides is 2. The molecule has 0 spiro atoms. The minimum Gasteiger partial charge on any atom is -0.392 e. The summed E-state index contributed by atoms with van der Waals surface area (Å²) in [6.07, 6.45) is 7.66. The largest absolute Gasteiger partial charge is 0.392 e. The van der Waals surface area contributed by atoms with E-state index in [9.17, 15) is 9.59 Å². The first-order valence-electron chi connectivity index (χ1n) is 8.38. The quantitative estimate of drug-likeness (QED) is 0.428. The number of fused-ring (bicyclic) bond motifs is 1. The van der Waals surface area contributed by atoms with Crippen molar-refractivity contribution in [1.82, 2.24) is 19.6 Å². The predicted molar refractivity (Wildman–Crippen MR) is 98.4 cm³/mol. The van der Waals surface area contributed by atoms with E-state index in [1.807, 2.05) is 6.08 Å². The first-order chi connectivity index (χ1) is 12.6. The SMILES string of the molecule is Nc1nc(C(=NOC2CCCC2)C(=O)NC2C(=O)N3C=CCS[C@@H]23)ns1. The molecule has 1 saturated heterocycles. The lowest BCUT2D eigenvalue weighted by molar-refractivity contribution is -0.143. The third-order valence-corrected chi connectivity index (χ3v) is 6.23. The van der Waals surface area contributed by atoms with Crippen LogP contribution in [0.15, 0.2) is 17.4 Å². The predicted octanol–water partition coefficient (Wildman–Crippen LogP) is 0.697. The number of nitrogens with one attached hydrogen (secondary N) is 1. The van der Waals surface area contributed by atoms with E-state index in [4.69, 9.17) is 10.6 Å². The molecule has 3 aliphatic rings. The minimum atomic E-state index is -0.592. The standard InChI is InChI=1S/C15H18N6O3S2/c16-15-18-11(20-26-15)9(19-24-8-4-1-2-5-8)12(22)17-10-13(23)21-6-3-7-25-14(10)21/h3,6,8,10,14H,1-2,4-5,7H2,(H,17,22)(H2,16,18,20)/t10?,14-/m0/s1. The molecule has 1 unspecified atom stereocenters. The van der Waals surface area contributed by atoms with Crippen molar-refractivity contribution >= 4 is 46.0 Å². The number of hydrogen-bond acceptors (Lipinski definition) is 9. The molecule has 0 radical (unpaired) electrons. The number of anilines is 1. The molecule has 26 heavy (non-hydrogen) atoms. The summed E-state index contributed by atoms with van der Waals surface area (Å²) in [5.74, 6) is 0.238. The zero-order valence-electron chi connectivity index (χ0n) is 13.8. The first-order valence-corrected chi connectivity index (χ1v) is 10.2. The number of oxime groups is 1. The van der Waals surface area contributed by atoms with Crippen LogP contribution in [0.25, 0.3) is 0 Å². The summed E-state index contributed by atoms with van der Waals surface area (Å²) >= 11 is 2.57. The van der Waals surface area contributed by atoms with E-state index in [-0.39, 0.29) is 34.1 Å². The van der Waals surface area contributed by atoms with Gasteiger partial charge in [-0.25, -0.2) is 0 Å². The molecular weight excluding hydrogens is 376 g/mol. The summed E-state index contributed by atoms with van der Waals surface area (Å²) in [5, 5.41) is 6.89. The van der Waals surface area contributed by atoms with E-state index in [2.05, 4.69) is 19.8 Å². The molecule has 0 aromatic carbocycles. The number of hydrogen-bond donors (Lipinski definition) is 2. The zero-order valence-corrected chi connectivity index (χ0v) is 15.5. The molecule has 2 atom stereocenters. The molecule has 3 N–H and O–H groups in total. The van der Waals surface area contributed by atoms with Gasteiger partial charge in [-0.2, -0.15) is 9.36 Å². The Morgan fingerprint density at radius 3 is 2.96 bits per heavy atom. The van der Waals surface area contributed by atoms with Crippen LogP contribution in [0, 0.1) is 0 Å². The lowest BCUT2D eigenvalue weighted by Gasteiger charge is -2.46.